The third-order valence-corrected chi connectivity index (χ3v) is 7.07. The third-order valence-electron chi connectivity index (χ3n) is 6.04. The first-order valence-electron chi connectivity index (χ1n) is 13.0. The summed E-state index contributed by atoms with van der Waals surface area (Å²) >= 11 is 14.4. The second-order valence-electron chi connectivity index (χ2n) is 9.40. The Morgan fingerprint density at radius 1 is 0.864 bits per heavy atom. The molecule has 0 unspecified atom stereocenters. The van der Waals surface area contributed by atoms with E-state index in [0.29, 0.717) is 34.7 Å². The lowest BCUT2D eigenvalue weighted by Gasteiger charge is -2.12. The Labute approximate surface area is 276 Å². The molecule has 0 aliphatic rings. The zero-order chi connectivity index (χ0) is 31.8. The Morgan fingerprint density at radius 2 is 1.55 bits per heavy atom. The summed E-state index contributed by atoms with van der Waals surface area (Å²) in [5.74, 6) is -1.86. The molecule has 4 amide bonds. The number of hydrogen-bond acceptors (Lipinski definition) is 6. The van der Waals surface area contributed by atoms with Crippen LogP contribution in [0.15, 0.2) is 79.0 Å². The largest absolute Gasteiger partial charge is 0.322 e. The molecule has 1 heterocycles. The van der Waals surface area contributed by atoms with Crippen LogP contribution in [-0.2, 0) is 4.79 Å². The Morgan fingerprint density at radius 3 is 2.25 bits per heavy atom. The summed E-state index contributed by atoms with van der Waals surface area (Å²) in [6.45, 7) is 2.37. The van der Waals surface area contributed by atoms with Gasteiger partial charge in [-0.05, 0) is 68.1 Å². The maximum Gasteiger partial charge on any atom is 0.278 e. The maximum absolute atomic E-state index is 13.0. The number of likely N-dealkylation sites (N-methyl/N-ethyl adjacent to an activating group) is 1. The molecule has 0 fully saturated rings. The Bertz CT molecular complexity index is 1740. The van der Waals surface area contributed by atoms with E-state index in [9.17, 15) is 19.2 Å². The van der Waals surface area contributed by atoms with Crippen molar-refractivity contribution >= 4 is 92.4 Å². The van der Waals surface area contributed by atoms with Crippen molar-refractivity contribution in [3.8, 4) is 0 Å². The smallest absolute Gasteiger partial charge is 0.278 e. The molecule has 44 heavy (non-hydrogen) atoms. The first-order chi connectivity index (χ1) is 21.0. The van der Waals surface area contributed by atoms with Crippen LogP contribution in [0.5, 0.6) is 0 Å². The minimum absolute atomic E-state index is 0.0573. The van der Waals surface area contributed by atoms with Gasteiger partial charge in [0.2, 0.25) is 5.91 Å². The van der Waals surface area contributed by atoms with E-state index in [-0.39, 0.29) is 38.8 Å². The lowest BCUT2D eigenvalue weighted by Crippen LogP contribution is -2.19. The number of carbonyl (C=O) groups is 4. The zero-order valence-corrected chi connectivity index (χ0v) is 27.0. The number of aromatic amines is 1. The van der Waals surface area contributed by atoms with Crippen LogP contribution < -0.4 is 21.3 Å². The highest BCUT2D eigenvalue weighted by Crippen LogP contribution is 2.27. The molecule has 4 aromatic rings. The monoisotopic (exact) mass is 745 g/mol. The van der Waals surface area contributed by atoms with E-state index < -0.39 is 11.8 Å². The van der Waals surface area contributed by atoms with Crippen molar-refractivity contribution in [1.82, 2.24) is 13.3 Å². The predicted molar refractivity (Wildman–Crippen MR) is 181 cm³/mol. The van der Waals surface area contributed by atoms with Crippen LogP contribution in [0.1, 0.15) is 36.8 Å². The van der Waals surface area contributed by atoms with Crippen molar-refractivity contribution in [2.75, 3.05) is 34.9 Å². The van der Waals surface area contributed by atoms with Gasteiger partial charge < -0.3 is 21.3 Å². The summed E-state index contributed by atoms with van der Waals surface area (Å²) in [4.78, 5) is 50.9. The zero-order valence-electron chi connectivity index (χ0n) is 23.4. The summed E-state index contributed by atoms with van der Waals surface area (Å²) < 4.78 is 1.90. The highest BCUT2D eigenvalue weighted by Gasteiger charge is 2.21. The molecule has 11 nitrogen and oxygen atoms in total. The Balaban J connectivity index is 1.39. The van der Waals surface area contributed by atoms with E-state index in [4.69, 9.17) is 23.2 Å². The molecule has 0 spiro atoms. The molecule has 4 rings (SSSR count). The van der Waals surface area contributed by atoms with Gasteiger partial charge in [-0.15, -0.1) is 0 Å². The van der Waals surface area contributed by atoms with E-state index in [0.717, 1.165) is 0 Å². The van der Waals surface area contributed by atoms with Crippen molar-refractivity contribution < 1.29 is 19.2 Å². The van der Waals surface area contributed by atoms with Crippen LogP contribution in [0, 0.1) is 6.92 Å². The number of benzene rings is 3. The lowest BCUT2D eigenvalue weighted by molar-refractivity contribution is -0.111. The van der Waals surface area contributed by atoms with E-state index in [1.165, 1.54) is 24.4 Å². The number of nitrogens with one attached hydrogen (secondary N) is 5. The summed E-state index contributed by atoms with van der Waals surface area (Å²) in [5.41, 5.74) is 2.59. The fraction of sp³-hybridized carbons (Fsp3) is 0.100. The number of aromatic nitrogens is 2. The number of halogens is 3. The minimum Gasteiger partial charge on any atom is -0.322 e. The standard InChI is InChI=1S/C30H26Cl2IN7O4/c1-17-14-20(36-28(42)18-6-3-7-19(15-18)35-25(41)10-5-13-40(2)33)11-12-23(17)37-30(44)27-24(16-34-39-27)38-29(43)26-21(31)8-4-9-22(26)32/h3-12,14-16H,13H2,1-2H3,(H,34,39)(H,35,41)(H,36,42)(H,37,44)(H,38,43)/b10-5+. The quantitative estimate of drug-likeness (QED) is 0.0706. The molecule has 0 bridgehead atoms. The number of hydrogen-bond donors (Lipinski definition) is 5. The second kappa shape index (κ2) is 15.0. The lowest BCUT2D eigenvalue weighted by atomic mass is 10.1. The molecule has 14 heteroatoms. The van der Waals surface area contributed by atoms with Gasteiger partial charge in [0.15, 0.2) is 5.69 Å². The number of amides is 4. The molecule has 0 saturated heterocycles. The normalized spacial score (nSPS) is 11.0. The van der Waals surface area contributed by atoms with Gasteiger partial charge in [0, 0.05) is 64.3 Å². The number of nitrogens with zero attached hydrogens (tertiary/aromatic N) is 2. The van der Waals surface area contributed by atoms with Gasteiger partial charge in [-0.2, -0.15) is 5.10 Å². The summed E-state index contributed by atoms with van der Waals surface area (Å²) in [6.07, 6.45) is 4.53. The van der Waals surface area contributed by atoms with Crippen LogP contribution in [0.4, 0.5) is 22.7 Å². The molecule has 1 aromatic heterocycles. The van der Waals surface area contributed by atoms with Crippen LogP contribution in [0.2, 0.25) is 10.0 Å². The first kappa shape index (κ1) is 32.7. The SMILES string of the molecule is Cc1cc(NC(=O)c2cccc(NC(=O)/C=C/CN(C)I)c2)ccc1NC(=O)c1n[nH]cc1NC(=O)c1c(Cl)cccc1Cl. The number of H-pyrrole nitrogens is 1. The second-order valence-corrected chi connectivity index (χ2v) is 11.9. The first-order valence-corrected chi connectivity index (χ1v) is 14.7. The molecule has 3 aromatic carbocycles. The van der Waals surface area contributed by atoms with Crippen LogP contribution in [0.3, 0.4) is 0 Å². The van der Waals surface area contributed by atoms with Gasteiger partial charge >= 0.3 is 0 Å². The average Bonchev–Trinajstić information content (AvgIpc) is 3.42. The van der Waals surface area contributed by atoms with E-state index in [1.54, 1.807) is 61.5 Å². The van der Waals surface area contributed by atoms with Crippen LogP contribution in [0.25, 0.3) is 0 Å². The molecule has 226 valence electrons. The van der Waals surface area contributed by atoms with Crippen LogP contribution >= 0.6 is 46.1 Å². The van der Waals surface area contributed by atoms with E-state index >= 15 is 0 Å². The van der Waals surface area contributed by atoms with E-state index in [2.05, 4.69) is 54.3 Å². The van der Waals surface area contributed by atoms with Crippen molar-refractivity contribution in [1.29, 1.82) is 0 Å². The van der Waals surface area contributed by atoms with Gasteiger partial charge in [-0.1, -0.05) is 41.4 Å². The summed E-state index contributed by atoms with van der Waals surface area (Å²) in [6, 6.07) is 16.2. The predicted octanol–water partition coefficient (Wildman–Crippen LogP) is 6.56. The summed E-state index contributed by atoms with van der Waals surface area (Å²) in [7, 11) is 1.89. The third kappa shape index (κ3) is 8.66. The maximum atomic E-state index is 13.0. The molecule has 0 aliphatic carbocycles. The summed E-state index contributed by atoms with van der Waals surface area (Å²) in [5, 5.41) is 17.8. The molecule has 0 atom stereocenters. The Hall–Kier alpha value is -4.24. The van der Waals surface area contributed by atoms with E-state index in [1.807, 2.05) is 10.2 Å². The molecular weight excluding hydrogens is 720 g/mol. The van der Waals surface area contributed by atoms with Gasteiger partial charge in [-0.25, -0.2) is 3.11 Å². The van der Waals surface area contributed by atoms with Crippen molar-refractivity contribution in [2.24, 2.45) is 0 Å². The number of carbonyl (C=O) groups excluding carboxylic acids is 4. The van der Waals surface area contributed by atoms with Crippen LogP contribution in [-0.4, -0.2) is 50.5 Å². The minimum atomic E-state index is -0.600. The number of anilines is 4. The van der Waals surface area contributed by atoms with Gasteiger partial charge in [0.25, 0.3) is 17.7 Å². The van der Waals surface area contributed by atoms with Gasteiger partial charge in [-0.3, -0.25) is 24.3 Å². The average molecular weight is 746 g/mol. The van der Waals surface area contributed by atoms with Crippen molar-refractivity contribution in [3.63, 3.8) is 0 Å². The molecular formula is C30H26Cl2IN7O4. The molecule has 0 aliphatic heterocycles. The van der Waals surface area contributed by atoms with Crippen molar-refractivity contribution in [3.05, 3.63) is 111 Å². The molecule has 0 radical (unpaired) electrons. The fourth-order valence-electron chi connectivity index (χ4n) is 3.95. The van der Waals surface area contributed by atoms with Gasteiger partial charge in [0.1, 0.15) is 0 Å². The Kier molecular flexibility index (Phi) is 11.1. The highest BCUT2D eigenvalue weighted by molar-refractivity contribution is 14.1. The number of rotatable bonds is 10. The fourth-order valence-corrected chi connectivity index (χ4v) is 4.75. The number of aryl methyl sites for hydroxylation is 1. The molecule has 5 N–H and O–H groups in total. The van der Waals surface area contributed by atoms with Gasteiger partial charge in [0.05, 0.1) is 21.3 Å². The van der Waals surface area contributed by atoms with Crippen molar-refractivity contribution in [2.45, 2.75) is 6.92 Å². The topological polar surface area (TPSA) is 148 Å². The molecule has 0 saturated carbocycles. The highest BCUT2D eigenvalue weighted by atomic mass is 127.